The van der Waals surface area contributed by atoms with Gasteiger partial charge in [0.15, 0.2) is 10.8 Å². The molecule has 0 N–H and O–H groups in total. The van der Waals surface area contributed by atoms with E-state index < -0.39 is 0 Å². The number of hydrogen-bond acceptors (Lipinski definition) is 6. The van der Waals surface area contributed by atoms with Crippen molar-refractivity contribution < 1.29 is 9.53 Å². The highest BCUT2D eigenvalue weighted by Crippen LogP contribution is 2.25. The maximum Gasteiger partial charge on any atom is 0.357 e. The fraction of sp³-hybridized carbons (Fsp3) is 0.385. The molecule has 0 fully saturated rings. The van der Waals surface area contributed by atoms with Gasteiger partial charge in [-0.25, -0.2) is 9.78 Å². The molecule has 0 radical (unpaired) electrons. The van der Waals surface area contributed by atoms with E-state index in [1.165, 1.54) is 23.3 Å². The van der Waals surface area contributed by atoms with Crippen molar-refractivity contribution in [3.8, 4) is 0 Å². The lowest BCUT2D eigenvalue weighted by Crippen LogP contribution is -2.20. The van der Waals surface area contributed by atoms with Gasteiger partial charge < -0.3 is 9.64 Å². The number of aryl methyl sites for hydroxylation is 1. The molecule has 0 aromatic carbocycles. The van der Waals surface area contributed by atoms with Crippen molar-refractivity contribution in [3.63, 3.8) is 0 Å². The van der Waals surface area contributed by atoms with Crippen LogP contribution in [0.4, 0.5) is 5.13 Å². The van der Waals surface area contributed by atoms with E-state index >= 15 is 0 Å². The molecule has 0 unspecified atom stereocenters. The lowest BCUT2D eigenvalue weighted by molar-refractivity contribution is 0.0594. The van der Waals surface area contributed by atoms with E-state index in [0.29, 0.717) is 5.69 Å². The van der Waals surface area contributed by atoms with Crippen LogP contribution >= 0.6 is 22.7 Å². The van der Waals surface area contributed by atoms with Gasteiger partial charge >= 0.3 is 5.97 Å². The Bertz CT molecular complexity index is 549. The fourth-order valence-electron chi connectivity index (χ4n) is 1.66. The molecule has 4 nitrogen and oxygen atoms in total. The van der Waals surface area contributed by atoms with Gasteiger partial charge in [-0.3, -0.25) is 0 Å². The zero-order valence-corrected chi connectivity index (χ0v) is 12.8. The molecule has 2 rings (SSSR count). The quantitative estimate of drug-likeness (QED) is 0.796. The Hall–Kier alpha value is -1.40. The number of likely N-dealkylation sites (N-methyl/N-ethyl adjacent to an activating group) is 1. The SMILES string of the molecule is COC(=O)c1nc(N(C)CCc2cccs2)sc1C. The normalized spacial score (nSPS) is 10.5. The molecule has 0 saturated heterocycles. The number of anilines is 1. The number of esters is 1. The maximum absolute atomic E-state index is 11.5. The zero-order valence-electron chi connectivity index (χ0n) is 11.2. The molecule has 19 heavy (non-hydrogen) atoms. The van der Waals surface area contributed by atoms with Crippen LogP contribution < -0.4 is 4.90 Å². The molecular formula is C13H16N2O2S2. The molecule has 6 heteroatoms. The summed E-state index contributed by atoms with van der Waals surface area (Å²) in [6.45, 7) is 2.77. The smallest absolute Gasteiger partial charge is 0.357 e. The first-order chi connectivity index (χ1) is 9.11. The monoisotopic (exact) mass is 296 g/mol. The summed E-state index contributed by atoms with van der Waals surface area (Å²) in [6, 6.07) is 4.19. The van der Waals surface area contributed by atoms with E-state index in [9.17, 15) is 4.79 Å². The molecule has 0 bridgehead atoms. The number of aromatic nitrogens is 1. The molecule has 0 spiro atoms. The van der Waals surface area contributed by atoms with Gasteiger partial charge in [0, 0.05) is 23.3 Å². The second-order valence-corrected chi connectivity index (χ2v) is 6.36. The van der Waals surface area contributed by atoms with E-state index in [-0.39, 0.29) is 5.97 Å². The first kappa shape index (κ1) is 14.0. The molecule has 0 aliphatic carbocycles. The van der Waals surface area contributed by atoms with Crippen LogP contribution in [0.3, 0.4) is 0 Å². The number of methoxy groups -OCH3 is 1. The van der Waals surface area contributed by atoms with E-state index in [0.717, 1.165) is 23.0 Å². The summed E-state index contributed by atoms with van der Waals surface area (Å²) < 4.78 is 4.72. The Kier molecular flexibility index (Phi) is 4.55. The summed E-state index contributed by atoms with van der Waals surface area (Å²) >= 11 is 3.28. The Morgan fingerprint density at radius 2 is 2.32 bits per heavy atom. The van der Waals surface area contributed by atoms with Gasteiger partial charge in [-0.2, -0.15) is 0 Å². The van der Waals surface area contributed by atoms with Crippen molar-refractivity contribution in [2.75, 3.05) is 25.6 Å². The number of carbonyl (C=O) groups is 1. The number of ether oxygens (including phenoxy) is 1. The predicted molar refractivity (Wildman–Crippen MR) is 79.5 cm³/mol. The molecule has 102 valence electrons. The van der Waals surface area contributed by atoms with Crippen molar-refractivity contribution in [1.29, 1.82) is 0 Å². The number of rotatable bonds is 5. The van der Waals surface area contributed by atoms with Gasteiger partial charge in [0.2, 0.25) is 0 Å². The standard InChI is InChI=1S/C13H16N2O2S2/c1-9-11(12(16)17-3)14-13(19-9)15(2)7-6-10-5-4-8-18-10/h4-5,8H,6-7H2,1-3H3. The van der Waals surface area contributed by atoms with E-state index in [1.807, 2.05) is 14.0 Å². The minimum absolute atomic E-state index is 0.369. The zero-order chi connectivity index (χ0) is 13.8. The Labute approximate surface area is 120 Å². The average Bonchev–Trinajstić information content (AvgIpc) is 3.04. The summed E-state index contributed by atoms with van der Waals surface area (Å²) in [7, 11) is 3.37. The molecule has 2 aromatic heterocycles. The fourth-order valence-corrected chi connectivity index (χ4v) is 3.24. The van der Waals surface area contributed by atoms with Gasteiger partial charge in [-0.15, -0.1) is 22.7 Å². The number of carbonyl (C=O) groups excluding carboxylic acids is 1. The van der Waals surface area contributed by atoms with Gasteiger partial charge in [-0.1, -0.05) is 6.07 Å². The minimum Gasteiger partial charge on any atom is -0.464 e. The maximum atomic E-state index is 11.5. The van der Waals surface area contributed by atoms with Gasteiger partial charge in [-0.05, 0) is 24.8 Å². The van der Waals surface area contributed by atoms with Crippen molar-refractivity contribution in [1.82, 2.24) is 4.98 Å². The highest BCUT2D eigenvalue weighted by atomic mass is 32.1. The molecule has 0 aliphatic rings. The summed E-state index contributed by atoms with van der Waals surface area (Å²) in [5.74, 6) is -0.369. The summed E-state index contributed by atoms with van der Waals surface area (Å²) in [5.41, 5.74) is 0.422. The highest BCUT2D eigenvalue weighted by Gasteiger charge is 2.17. The lowest BCUT2D eigenvalue weighted by atomic mass is 10.3. The summed E-state index contributed by atoms with van der Waals surface area (Å²) in [4.78, 5) is 20.2. The molecule has 2 heterocycles. The first-order valence-corrected chi connectivity index (χ1v) is 7.60. The molecule has 0 atom stereocenters. The van der Waals surface area contributed by atoms with Gasteiger partial charge in [0.05, 0.1) is 7.11 Å². The summed E-state index contributed by atoms with van der Waals surface area (Å²) in [6.07, 6.45) is 0.986. The topological polar surface area (TPSA) is 42.4 Å². The number of nitrogens with zero attached hydrogens (tertiary/aromatic N) is 2. The third-order valence-electron chi connectivity index (χ3n) is 2.76. The lowest BCUT2D eigenvalue weighted by Gasteiger charge is -2.14. The summed E-state index contributed by atoms with van der Waals surface area (Å²) in [5, 5.41) is 2.94. The number of thiophene rings is 1. The second kappa shape index (κ2) is 6.16. The van der Waals surface area contributed by atoms with Crippen LogP contribution in [0.25, 0.3) is 0 Å². The van der Waals surface area contributed by atoms with Crippen LogP contribution in [0.5, 0.6) is 0 Å². The second-order valence-electron chi connectivity index (χ2n) is 4.14. The van der Waals surface area contributed by atoms with Crippen LogP contribution in [0.1, 0.15) is 20.2 Å². The Balaban J connectivity index is 2.03. The van der Waals surface area contributed by atoms with Crippen LogP contribution in [0.2, 0.25) is 0 Å². The highest BCUT2D eigenvalue weighted by molar-refractivity contribution is 7.15. The molecule has 2 aromatic rings. The first-order valence-electron chi connectivity index (χ1n) is 5.91. The number of hydrogen-bond donors (Lipinski definition) is 0. The third-order valence-corrected chi connectivity index (χ3v) is 4.79. The van der Waals surface area contributed by atoms with Crippen molar-refractivity contribution in [2.45, 2.75) is 13.3 Å². The van der Waals surface area contributed by atoms with Crippen LogP contribution in [0, 0.1) is 6.92 Å². The molecule has 0 saturated carbocycles. The predicted octanol–water partition coefficient (Wildman–Crippen LogP) is 2.98. The van der Waals surface area contributed by atoms with Crippen LogP contribution in [-0.4, -0.2) is 31.7 Å². The van der Waals surface area contributed by atoms with Gasteiger partial charge in [0.1, 0.15) is 0 Å². The average molecular weight is 296 g/mol. The van der Waals surface area contributed by atoms with Gasteiger partial charge in [0.25, 0.3) is 0 Å². The van der Waals surface area contributed by atoms with Crippen molar-refractivity contribution >= 4 is 33.8 Å². The van der Waals surface area contributed by atoms with Crippen LogP contribution in [0.15, 0.2) is 17.5 Å². The van der Waals surface area contributed by atoms with Crippen molar-refractivity contribution in [2.24, 2.45) is 0 Å². The molecule has 0 amide bonds. The van der Waals surface area contributed by atoms with Crippen LogP contribution in [-0.2, 0) is 11.2 Å². The Morgan fingerprint density at radius 1 is 1.53 bits per heavy atom. The largest absolute Gasteiger partial charge is 0.464 e. The third kappa shape index (κ3) is 3.33. The number of thiazole rings is 1. The Morgan fingerprint density at radius 3 is 2.95 bits per heavy atom. The molecule has 0 aliphatic heterocycles. The van der Waals surface area contributed by atoms with E-state index in [4.69, 9.17) is 4.74 Å². The van der Waals surface area contributed by atoms with E-state index in [1.54, 1.807) is 11.3 Å². The minimum atomic E-state index is -0.369. The molecular weight excluding hydrogens is 280 g/mol. The van der Waals surface area contributed by atoms with E-state index in [2.05, 4.69) is 27.4 Å². The van der Waals surface area contributed by atoms with Crippen molar-refractivity contribution in [3.05, 3.63) is 33.0 Å².